The molecule has 0 saturated carbocycles. The molecule has 5 nitrogen and oxygen atoms in total. The summed E-state index contributed by atoms with van der Waals surface area (Å²) in [6.45, 7) is 5.74. The Labute approximate surface area is 106 Å². The molecule has 0 spiro atoms. The molecule has 96 valence electrons. The Hall–Kier alpha value is -1.91. The van der Waals surface area contributed by atoms with Gasteiger partial charge in [0.1, 0.15) is 5.82 Å². The van der Waals surface area contributed by atoms with E-state index in [2.05, 4.69) is 4.98 Å². The van der Waals surface area contributed by atoms with Crippen LogP contribution in [0, 0.1) is 11.3 Å². The first-order valence-corrected chi connectivity index (χ1v) is 5.95. The molecule has 0 aliphatic carbocycles. The highest BCUT2D eigenvalue weighted by Gasteiger charge is 2.50. The van der Waals surface area contributed by atoms with Gasteiger partial charge in [0, 0.05) is 6.42 Å². The zero-order chi connectivity index (χ0) is 13.5. The van der Waals surface area contributed by atoms with E-state index in [-0.39, 0.29) is 24.2 Å². The van der Waals surface area contributed by atoms with Crippen molar-refractivity contribution in [3.63, 3.8) is 0 Å². The summed E-state index contributed by atoms with van der Waals surface area (Å²) in [7, 11) is 0. The van der Waals surface area contributed by atoms with E-state index in [1.54, 1.807) is 12.1 Å². The molecule has 0 radical (unpaired) electrons. The fraction of sp³-hybridized carbons (Fsp3) is 0.462. The average molecular weight is 247 g/mol. The average Bonchev–Trinajstić information content (AvgIpc) is 2.53. The van der Waals surface area contributed by atoms with E-state index in [9.17, 15) is 9.59 Å². The number of aromatic nitrogens is 1. The molecular formula is C13H17N3O2. The molecular weight excluding hydrogens is 230 g/mol. The summed E-state index contributed by atoms with van der Waals surface area (Å²) >= 11 is 0. The molecule has 1 aromatic rings. The van der Waals surface area contributed by atoms with Gasteiger partial charge in [-0.05, 0) is 25.0 Å². The second-order valence-corrected chi connectivity index (χ2v) is 5.22. The lowest BCUT2D eigenvalue weighted by atomic mass is 9.78. The number of hydrogen-bond acceptors (Lipinski definition) is 4. The quantitative estimate of drug-likeness (QED) is 0.805. The van der Waals surface area contributed by atoms with Crippen LogP contribution in [0.5, 0.6) is 0 Å². The van der Waals surface area contributed by atoms with Gasteiger partial charge in [0.15, 0.2) is 0 Å². The Morgan fingerprint density at radius 2 is 2.06 bits per heavy atom. The monoisotopic (exact) mass is 247 g/mol. The highest BCUT2D eigenvalue weighted by atomic mass is 16.2. The van der Waals surface area contributed by atoms with E-state index in [0.717, 1.165) is 0 Å². The molecule has 2 amide bonds. The highest BCUT2D eigenvalue weighted by Crippen LogP contribution is 2.41. The van der Waals surface area contributed by atoms with Crippen molar-refractivity contribution in [2.24, 2.45) is 11.3 Å². The van der Waals surface area contributed by atoms with E-state index in [4.69, 9.17) is 5.73 Å². The molecule has 1 atom stereocenters. The third-order valence-corrected chi connectivity index (χ3v) is 3.76. The highest BCUT2D eigenvalue weighted by molar-refractivity contribution is 6.22. The van der Waals surface area contributed by atoms with Crippen LogP contribution in [0.1, 0.15) is 27.2 Å². The van der Waals surface area contributed by atoms with Crippen LogP contribution in [-0.2, 0) is 9.59 Å². The third kappa shape index (κ3) is 1.75. The number of rotatable bonds is 2. The first-order chi connectivity index (χ1) is 8.36. The van der Waals surface area contributed by atoms with Crippen LogP contribution in [0.2, 0.25) is 0 Å². The van der Waals surface area contributed by atoms with Crippen LogP contribution < -0.4 is 10.6 Å². The van der Waals surface area contributed by atoms with Gasteiger partial charge >= 0.3 is 0 Å². The van der Waals surface area contributed by atoms with E-state index in [1.807, 2.05) is 20.8 Å². The number of nitrogen functional groups attached to an aromatic ring is 1. The first kappa shape index (κ1) is 12.5. The number of carbonyl (C=O) groups is 2. The molecule has 1 unspecified atom stereocenters. The Morgan fingerprint density at radius 3 is 2.50 bits per heavy atom. The van der Waals surface area contributed by atoms with Crippen LogP contribution in [-0.4, -0.2) is 16.8 Å². The number of carbonyl (C=O) groups excluding carboxylic acids is 2. The summed E-state index contributed by atoms with van der Waals surface area (Å²) in [5, 5.41) is 0. The second kappa shape index (κ2) is 4.08. The van der Waals surface area contributed by atoms with Crippen molar-refractivity contribution in [2.75, 3.05) is 10.6 Å². The molecule has 2 heterocycles. The SMILES string of the molecule is CC(C)C1(C)CC(=O)N(c2ccc(N)nc2)C1=O. The topological polar surface area (TPSA) is 76.3 Å². The minimum atomic E-state index is -0.627. The number of imide groups is 1. The fourth-order valence-electron chi connectivity index (χ4n) is 2.08. The number of nitrogens with zero attached hydrogens (tertiary/aromatic N) is 2. The summed E-state index contributed by atoms with van der Waals surface area (Å²) in [5.74, 6) is 0.141. The van der Waals surface area contributed by atoms with Crippen LogP contribution >= 0.6 is 0 Å². The van der Waals surface area contributed by atoms with Gasteiger partial charge in [0.2, 0.25) is 11.8 Å². The summed E-state index contributed by atoms with van der Waals surface area (Å²) in [5.41, 5.74) is 5.36. The van der Waals surface area contributed by atoms with Gasteiger partial charge in [-0.3, -0.25) is 9.59 Å². The molecule has 1 aliphatic rings. The Balaban J connectivity index is 2.38. The van der Waals surface area contributed by atoms with Gasteiger partial charge in [0.05, 0.1) is 17.3 Å². The number of anilines is 2. The molecule has 5 heteroatoms. The lowest BCUT2D eigenvalue weighted by molar-refractivity contribution is -0.126. The van der Waals surface area contributed by atoms with Crippen LogP contribution in [0.15, 0.2) is 18.3 Å². The van der Waals surface area contributed by atoms with Crippen molar-refractivity contribution < 1.29 is 9.59 Å². The van der Waals surface area contributed by atoms with Gasteiger partial charge in [0.25, 0.3) is 0 Å². The largest absolute Gasteiger partial charge is 0.384 e. The van der Waals surface area contributed by atoms with E-state index in [1.165, 1.54) is 11.1 Å². The lowest BCUT2D eigenvalue weighted by Gasteiger charge is -2.25. The zero-order valence-corrected chi connectivity index (χ0v) is 10.8. The number of hydrogen-bond donors (Lipinski definition) is 1. The molecule has 1 aliphatic heterocycles. The number of amides is 2. The molecule has 2 rings (SSSR count). The molecule has 1 fully saturated rings. The summed E-state index contributed by atoms with van der Waals surface area (Å²) in [4.78, 5) is 29.6. The smallest absolute Gasteiger partial charge is 0.240 e. The second-order valence-electron chi connectivity index (χ2n) is 5.22. The number of nitrogens with two attached hydrogens (primary N) is 1. The van der Waals surface area contributed by atoms with Crippen molar-refractivity contribution >= 4 is 23.3 Å². The van der Waals surface area contributed by atoms with Gasteiger partial charge in [-0.1, -0.05) is 13.8 Å². The third-order valence-electron chi connectivity index (χ3n) is 3.76. The maximum absolute atomic E-state index is 12.4. The summed E-state index contributed by atoms with van der Waals surface area (Å²) in [6.07, 6.45) is 1.70. The Bertz CT molecular complexity index is 495. The summed E-state index contributed by atoms with van der Waals surface area (Å²) in [6, 6.07) is 3.23. The van der Waals surface area contributed by atoms with Gasteiger partial charge < -0.3 is 5.73 Å². The minimum Gasteiger partial charge on any atom is -0.384 e. The van der Waals surface area contributed by atoms with Crippen molar-refractivity contribution in [3.05, 3.63) is 18.3 Å². The van der Waals surface area contributed by atoms with Crippen LogP contribution in [0.25, 0.3) is 0 Å². The molecule has 18 heavy (non-hydrogen) atoms. The van der Waals surface area contributed by atoms with E-state index >= 15 is 0 Å². The van der Waals surface area contributed by atoms with Gasteiger partial charge in [-0.15, -0.1) is 0 Å². The van der Waals surface area contributed by atoms with Crippen molar-refractivity contribution in [1.29, 1.82) is 0 Å². The van der Waals surface area contributed by atoms with Crippen LogP contribution in [0.3, 0.4) is 0 Å². The molecule has 1 aromatic heterocycles. The maximum Gasteiger partial charge on any atom is 0.240 e. The van der Waals surface area contributed by atoms with Crippen molar-refractivity contribution in [1.82, 2.24) is 4.98 Å². The van der Waals surface area contributed by atoms with Gasteiger partial charge in [-0.25, -0.2) is 9.88 Å². The Kier molecular flexibility index (Phi) is 2.84. The molecule has 2 N–H and O–H groups in total. The van der Waals surface area contributed by atoms with E-state index in [0.29, 0.717) is 11.5 Å². The first-order valence-electron chi connectivity index (χ1n) is 5.95. The molecule has 1 saturated heterocycles. The van der Waals surface area contributed by atoms with Gasteiger partial charge in [-0.2, -0.15) is 0 Å². The number of pyridine rings is 1. The van der Waals surface area contributed by atoms with Crippen molar-refractivity contribution in [2.45, 2.75) is 27.2 Å². The molecule has 0 bridgehead atoms. The minimum absolute atomic E-state index is 0.112. The predicted octanol–water partition coefficient (Wildman–Crippen LogP) is 1.59. The standard InChI is InChI=1S/C13H17N3O2/c1-8(2)13(3)6-11(17)16(12(13)18)9-4-5-10(14)15-7-9/h4-5,7-8H,6H2,1-3H3,(H2,14,15). The van der Waals surface area contributed by atoms with Crippen LogP contribution in [0.4, 0.5) is 11.5 Å². The fourth-order valence-corrected chi connectivity index (χ4v) is 2.08. The zero-order valence-electron chi connectivity index (χ0n) is 10.8. The summed E-state index contributed by atoms with van der Waals surface area (Å²) < 4.78 is 0. The predicted molar refractivity (Wildman–Crippen MR) is 68.7 cm³/mol. The maximum atomic E-state index is 12.4. The Morgan fingerprint density at radius 1 is 1.39 bits per heavy atom. The normalized spacial score (nSPS) is 24.1. The van der Waals surface area contributed by atoms with E-state index < -0.39 is 5.41 Å². The molecule has 0 aromatic carbocycles. The lowest BCUT2D eigenvalue weighted by Crippen LogP contribution is -2.36. The van der Waals surface area contributed by atoms with Crippen molar-refractivity contribution in [3.8, 4) is 0 Å².